The highest BCUT2D eigenvalue weighted by Gasteiger charge is 2.39. The molecule has 17 heavy (non-hydrogen) atoms. The number of hydrogen-bond donors (Lipinski definition) is 2. The van der Waals surface area contributed by atoms with Crippen LogP contribution in [-0.4, -0.2) is 45.7 Å². The van der Waals surface area contributed by atoms with Gasteiger partial charge in [0.25, 0.3) is 5.91 Å². The van der Waals surface area contributed by atoms with Crippen LogP contribution in [0.1, 0.15) is 16.8 Å². The third-order valence-corrected chi connectivity index (χ3v) is 2.85. The van der Waals surface area contributed by atoms with E-state index in [1.54, 1.807) is 30.3 Å². The van der Waals surface area contributed by atoms with Gasteiger partial charge in [-0.15, -0.1) is 0 Å². The number of nitrogens with zero attached hydrogens (tertiary/aromatic N) is 1. The molecule has 0 saturated carbocycles. The van der Waals surface area contributed by atoms with Crippen molar-refractivity contribution in [3.63, 3.8) is 0 Å². The molecule has 1 aliphatic heterocycles. The zero-order valence-electron chi connectivity index (χ0n) is 9.11. The maximum atomic E-state index is 12.1. The molecule has 0 spiro atoms. The van der Waals surface area contributed by atoms with Crippen LogP contribution in [0.4, 0.5) is 0 Å². The Morgan fingerprint density at radius 3 is 2.47 bits per heavy atom. The minimum atomic E-state index is -1.08. The van der Waals surface area contributed by atoms with Crippen LogP contribution in [0, 0.1) is 0 Å². The molecule has 0 bridgehead atoms. The predicted octanol–water partition coefficient (Wildman–Crippen LogP) is 0.347. The summed E-state index contributed by atoms with van der Waals surface area (Å²) >= 11 is 0. The second-order valence-electron chi connectivity index (χ2n) is 4.07. The van der Waals surface area contributed by atoms with E-state index in [1.807, 2.05) is 0 Å². The molecule has 1 aliphatic rings. The number of carbonyl (C=O) groups is 2. The van der Waals surface area contributed by atoms with E-state index in [0.29, 0.717) is 5.56 Å². The molecule has 1 saturated heterocycles. The lowest BCUT2D eigenvalue weighted by atomic mass is 10.1. The van der Waals surface area contributed by atoms with Crippen molar-refractivity contribution in [1.29, 1.82) is 0 Å². The first-order chi connectivity index (χ1) is 8.09. The first-order valence-corrected chi connectivity index (χ1v) is 5.36. The fraction of sp³-hybridized carbons (Fsp3) is 0.333. The van der Waals surface area contributed by atoms with Gasteiger partial charge < -0.3 is 15.1 Å². The number of amides is 1. The van der Waals surface area contributed by atoms with Crippen molar-refractivity contribution in [3.8, 4) is 0 Å². The van der Waals surface area contributed by atoms with Gasteiger partial charge in [-0.3, -0.25) is 4.79 Å². The minimum Gasteiger partial charge on any atom is -0.480 e. The third-order valence-electron chi connectivity index (χ3n) is 2.85. The lowest BCUT2D eigenvalue weighted by Gasteiger charge is -2.21. The number of aliphatic hydroxyl groups is 1. The van der Waals surface area contributed by atoms with E-state index in [1.165, 1.54) is 4.90 Å². The monoisotopic (exact) mass is 235 g/mol. The van der Waals surface area contributed by atoms with Gasteiger partial charge in [0.1, 0.15) is 6.04 Å². The van der Waals surface area contributed by atoms with Gasteiger partial charge in [0, 0.05) is 18.5 Å². The Kier molecular flexibility index (Phi) is 3.10. The molecular weight excluding hydrogens is 222 g/mol. The Morgan fingerprint density at radius 2 is 1.88 bits per heavy atom. The van der Waals surface area contributed by atoms with Crippen molar-refractivity contribution in [2.45, 2.75) is 18.6 Å². The highest BCUT2D eigenvalue weighted by molar-refractivity contribution is 5.97. The quantitative estimate of drug-likeness (QED) is 0.775. The van der Waals surface area contributed by atoms with Crippen LogP contribution in [0.2, 0.25) is 0 Å². The van der Waals surface area contributed by atoms with Gasteiger partial charge in [-0.05, 0) is 12.1 Å². The number of hydrogen-bond acceptors (Lipinski definition) is 3. The van der Waals surface area contributed by atoms with Crippen LogP contribution in [0.25, 0.3) is 0 Å². The summed E-state index contributed by atoms with van der Waals surface area (Å²) in [5.74, 6) is -1.43. The van der Waals surface area contributed by atoms with Crippen LogP contribution in [-0.2, 0) is 4.79 Å². The zero-order valence-corrected chi connectivity index (χ0v) is 9.11. The Balaban J connectivity index is 2.22. The fourth-order valence-corrected chi connectivity index (χ4v) is 2.02. The van der Waals surface area contributed by atoms with Crippen LogP contribution < -0.4 is 0 Å². The number of β-amino-alcohol motifs (C(OH)–C–C–N with tert-alkyl or cyclic N) is 1. The Hall–Kier alpha value is -1.88. The maximum absolute atomic E-state index is 12.1. The van der Waals surface area contributed by atoms with Crippen LogP contribution >= 0.6 is 0 Å². The fourth-order valence-electron chi connectivity index (χ4n) is 2.02. The molecule has 0 aliphatic carbocycles. The summed E-state index contributed by atoms with van der Waals surface area (Å²) in [4.78, 5) is 24.3. The smallest absolute Gasteiger partial charge is 0.326 e. The van der Waals surface area contributed by atoms with E-state index in [2.05, 4.69) is 0 Å². The first kappa shape index (κ1) is 11.6. The average Bonchev–Trinajstić information content (AvgIpc) is 2.72. The topological polar surface area (TPSA) is 77.8 Å². The minimum absolute atomic E-state index is 0.0741. The molecule has 0 unspecified atom stereocenters. The van der Waals surface area contributed by atoms with Crippen molar-refractivity contribution >= 4 is 11.9 Å². The lowest BCUT2D eigenvalue weighted by Crippen LogP contribution is -2.40. The Bertz CT molecular complexity index is 431. The molecular formula is C12H13NO4. The summed E-state index contributed by atoms with van der Waals surface area (Å²) in [5, 5.41) is 18.4. The van der Waals surface area contributed by atoms with E-state index in [-0.39, 0.29) is 18.9 Å². The van der Waals surface area contributed by atoms with Gasteiger partial charge in [-0.1, -0.05) is 18.2 Å². The number of carboxylic acid groups (broad SMARTS) is 1. The van der Waals surface area contributed by atoms with Crippen LogP contribution in [0.3, 0.4) is 0 Å². The first-order valence-electron chi connectivity index (χ1n) is 5.36. The number of aliphatic hydroxyl groups excluding tert-OH is 1. The molecule has 2 atom stereocenters. The molecule has 1 amide bonds. The van der Waals surface area contributed by atoms with Gasteiger partial charge in [-0.2, -0.15) is 0 Å². The summed E-state index contributed by atoms with van der Waals surface area (Å²) in [6.07, 6.45) is -0.669. The van der Waals surface area contributed by atoms with Crippen molar-refractivity contribution in [2.75, 3.05) is 6.54 Å². The van der Waals surface area contributed by atoms with Gasteiger partial charge in [-0.25, -0.2) is 4.79 Å². The molecule has 5 heteroatoms. The number of carbonyl (C=O) groups excluding carboxylic acids is 1. The largest absolute Gasteiger partial charge is 0.480 e. The highest BCUT2D eigenvalue weighted by Crippen LogP contribution is 2.20. The van der Waals surface area contributed by atoms with Gasteiger partial charge in [0.05, 0.1) is 6.10 Å². The molecule has 1 aromatic rings. The second kappa shape index (κ2) is 4.55. The average molecular weight is 235 g/mol. The van der Waals surface area contributed by atoms with Crippen molar-refractivity contribution in [3.05, 3.63) is 35.9 Å². The molecule has 0 aromatic heterocycles. The highest BCUT2D eigenvalue weighted by atomic mass is 16.4. The summed E-state index contributed by atoms with van der Waals surface area (Å²) in [5.41, 5.74) is 0.438. The molecule has 90 valence electrons. The van der Waals surface area contributed by atoms with Crippen molar-refractivity contribution in [2.24, 2.45) is 0 Å². The van der Waals surface area contributed by atoms with E-state index in [0.717, 1.165) is 0 Å². The maximum Gasteiger partial charge on any atom is 0.326 e. The van der Waals surface area contributed by atoms with Crippen molar-refractivity contribution in [1.82, 2.24) is 4.90 Å². The molecule has 2 rings (SSSR count). The Labute approximate surface area is 98.3 Å². The van der Waals surface area contributed by atoms with E-state index >= 15 is 0 Å². The SMILES string of the molecule is O=C(O)[C@@H]1C[C@H](O)CN1C(=O)c1ccccc1. The number of benzene rings is 1. The standard InChI is InChI=1S/C12H13NO4/c14-9-6-10(12(16)17)13(7-9)11(15)8-4-2-1-3-5-8/h1-5,9-10,14H,6-7H2,(H,16,17)/t9-,10-/m0/s1. The van der Waals surface area contributed by atoms with E-state index in [9.17, 15) is 14.7 Å². The number of rotatable bonds is 2. The molecule has 1 heterocycles. The number of aliphatic carboxylic acids is 1. The second-order valence-corrected chi connectivity index (χ2v) is 4.07. The molecule has 5 nitrogen and oxygen atoms in total. The summed E-state index contributed by atoms with van der Waals surface area (Å²) in [6.45, 7) is 0.0741. The third kappa shape index (κ3) is 2.29. The molecule has 0 radical (unpaired) electrons. The normalized spacial score (nSPS) is 23.7. The molecule has 2 N–H and O–H groups in total. The van der Waals surface area contributed by atoms with Gasteiger partial charge in [0.2, 0.25) is 0 Å². The number of likely N-dealkylation sites (tertiary alicyclic amines) is 1. The van der Waals surface area contributed by atoms with Crippen LogP contribution in [0.15, 0.2) is 30.3 Å². The molecule has 1 aromatic carbocycles. The van der Waals surface area contributed by atoms with E-state index in [4.69, 9.17) is 5.11 Å². The van der Waals surface area contributed by atoms with Crippen molar-refractivity contribution < 1.29 is 19.8 Å². The molecule has 1 fully saturated rings. The summed E-state index contributed by atoms with van der Waals surface area (Å²) in [6, 6.07) is 7.55. The summed E-state index contributed by atoms with van der Waals surface area (Å²) in [7, 11) is 0. The summed E-state index contributed by atoms with van der Waals surface area (Å²) < 4.78 is 0. The van der Waals surface area contributed by atoms with Crippen LogP contribution in [0.5, 0.6) is 0 Å². The zero-order chi connectivity index (χ0) is 12.4. The predicted molar refractivity (Wildman–Crippen MR) is 59.5 cm³/mol. The van der Waals surface area contributed by atoms with Gasteiger partial charge >= 0.3 is 5.97 Å². The number of carboxylic acids is 1. The van der Waals surface area contributed by atoms with Gasteiger partial charge in [0.15, 0.2) is 0 Å². The Morgan fingerprint density at radius 1 is 1.24 bits per heavy atom. The van der Waals surface area contributed by atoms with E-state index < -0.39 is 18.1 Å². The lowest BCUT2D eigenvalue weighted by molar-refractivity contribution is -0.141.